The van der Waals surface area contributed by atoms with E-state index in [0.29, 0.717) is 0 Å². The summed E-state index contributed by atoms with van der Waals surface area (Å²) in [6.07, 6.45) is 0. The van der Waals surface area contributed by atoms with Crippen molar-refractivity contribution < 1.29 is 35.0 Å². The first-order valence-corrected chi connectivity index (χ1v) is 6.19. The number of hydrogen-bond donors (Lipinski definition) is 1. The van der Waals surface area contributed by atoms with Crippen LogP contribution in [0.15, 0.2) is 0 Å². The van der Waals surface area contributed by atoms with Crippen LogP contribution in [0.25, 0.3) is 0 Å². The van der Waals surface area contributed by atoms with E-state index in [2.05, 4.69) is 17.8 Å². The highest BCUT2D eigenvalue weighted by Gasteiger charge is 2.15. The molecule has 1 aliphatic heterocycles. The molecule has 1 unspecified atom stereocenters. The lowest BCUT2D eigenvalue weighted by molar-refractivity contribution is -0.128. The molecular weight excluding hydrogens is 240 g/mol. The molecule has 0 saturated heterocycles. The predicted molar refractivity (Wildman–Crippen MR) is 44.7 cm³/mol. The Morgan fingerprint density at radius 3 is 2.21 bits per heavy atom. The molecule has 84 valence electrons. The van der Waals surface area contributed by atoms with Crippen LogP contribution in [0.4, 0.5) is 0 Å². The van der Waals surface area contributed by atoms with Gasteiger partial charge in [-0.05, 0) is 0 Å². The number of rotatable bonds is 0. The van der Waals surface area contributed by atoms with Crippen molar-refractivity contribution >= 4 is 24.9 Å². The van der Waals surface area contributed by atoms with Gasteiger partial charge in [-0.3, -0.25) is 4.55 Å². The Bertz CT molecular complexity index is 388. The smallest absolute Gasteiger partial charge is 0.304 e. The third-order valence-electron chi connectivity index (χ3n) is 1.00. The molecule has 1 atom stereocenters. The Morgan fingerprint density at radius 2 is 1.57 bits per heavy atom. The molecule has 0 amide bonds. The zero-order chi connectivity index (χ0) is 10.7. The minimum Gasteiger partial charge on any atom is -0.328 e. The molecule has 10 heteroatoms. The highest BCUT2D eigenvalue weighted by molar-refractivity contribution is 8.15. The Balaban J connectivity index is 2.93. The van der Waals surface area contributed by atoms with Crippen molar-refractivity contribution in [1.29, 1.82) is 0 Å². The number of hydrogen-bond acceptors (Lipinski definition) is 7. The molecule has 0 saturated carbocycles. The largest absolute Gasteiger partial charge is 0.328 e. The van der Waals surface area contributed by atoms with E-state index in [0.717, 1.165) is 0 Å². The van der Waals surface area contributed by atoms with Gasteiger partial charge in [-0.2, -0.15) is 8.42 Å². The van der Waals surface area contributed by atoms with Crippen LogP contribution in [0.1, 0.15) is 0 Å². The fourth-order valence-corrected chi connectivity index (χ4v) is 2.58. The maximum Gasteiger partial charge on any atom is 0.304 e. The van der Waals surface area contributed by atoms with Crippen LogP contribution in [0, 0.1) is 0 Å². The molecule has 0 fully saturated rings. The summed E-state index contributed by atoms with van der Waals surface area (Å²) in [6.45, 7) is -1.44. The molecular formula is C4H8O8S2. The molecule has 8 nitrogen and oxygen atoms in total. The standard InChI is InChI=1S/C4H8O8S2/c5-13(6)4-14(7,8)12-3-10-1-9-2-11-13/h4H,1-3H2,(H,5,6). The van der Waals surface area contributed by atoms with Gasteiger partial charge in [0, 0.05) is 0 Å². The van der Waals surface area contributed by atoms with Gasteiger partial charge in [-0.1, -0.05) is 0 Å². The van der Waals surface area contributed by atoms with Crippen molar-refractivity contribution in [3.63, 3.8) is 0 Å². The summed E-state index contributed by atoms with van der Waals surface area (Å²) in [6, 6.07) is 0. The first kappa shape index (κ1) is 11.8. The second kappa shape index (κ2) is 4.53. The van der Waals surface area contributed by atoms with Crippen LogP contribution in [0.2, 0.25) is 0 Å². The van der Waals surface area contributed by atoms with Gasteiger partial charge >= 0.3 is 10.1 Å². The van der Waals surface area contributed by atoms with Gasteiger partial charge in [0.05, 0.1) is 0 Å². The fraction of sp³-hybridized carbons (Fsp3) is 0.750. The maximum atomic E-state index is 11.0. The van der Waals surface area contributed by atoms with Crippen LogP contribution in [-0.2, 0) is 38.0 Å². The molecule has 1 heterocycles. The summed E-state index contributed by atoms with van der Waals surface area (Å²) in [5, 5.41) is 0. The summed E-state index contributed by atoms with van der Waals surface area (Å²) >= 11 is 0. The van der Waals surface area contributed by atoms with Crippen LogP contribution >= 0.6 is 0 Å². The molecule has 0 bridgehead atoms. The van der Waals surface area contributed by atoms with E-state index in [1.54, 1.807) is 0 Å². The normalized spacial score (nSPS) is 34.4. The van der Waals surface area contributed by atoms with Crippen molar-refractivity contribution in [1.82, 2.24) is 0 Å². The van der Waals surface area contributed by atoms with E-state index >= 15 is 0 Å². The van der Waals surface area contributed by atoms with Crippen LogP contribution in [0.5, 0.6) is 0 Å². The van der Waals surface area contributed by atoms with E-state index in [-0.39, 0.29) is 11.5 Å². The summed E-state index contributed by atoms with van der Waals surface area (Å²) < 4.78 is 59.1. The monoisotopic (exact) mass is 248 g/mol. The Labute approximate surface area is 80.9 Å². The van der Waals surface area contributed by atoms with Gasteiger partial charge in [0.2, 0.25) is 10.1 Å². The SMILES string of the molecule is O=S1(=O)C=S(=O)(O)OCOCOCO1. The highest BCUT2D eigenvalue weighted by Crippen LogP contribution is 1.99. The lowest BCUT2D eigenvalue weighted by Crippen LogP contribution is -2.21. The lowest BCUT2D eigenvalue weighted by atomic mass is 11.3. The van der Waals surface area contributed by atoms with Crippen molar-refractivity contribution in [2.45, 2.75) is 0 Å². The Hall–Kier alpha value is -0.230. The van der Waals surface area contributed by atoms with Gasteiger partial charge in [-0.15, -0.1) is 0 Å². The van der Waals surface area contributed by atoms with Crippen LogP contribution in [-0.4, -0.2) is 42.3 Å². The molecule has 0 spiro atoms. The Kier molecular flexibility index (Phi) is 3.83. The summed E-state index contributed by atoms with van der Waals surface area (Å²) in [7, 11) is -8.30. The second-order valence-corrected chi connectivity index (χ2v) is 5.36. The van der Waals surface area contributed by atoms with Gasteiger partial charge in [0.25, 0.3) is 0 Å². The molecule has 0 aliphatic carbocycles. The quantitative estimate of drug-likeness (QED) is 0.416. The maximum absolute atomic E-state index is 11.0. The van der Waals surface area contributed by atoms with E-state index in [9.17, 15) is 12.6 Å². The van der Waals surface area contributed by atoms with Crippen molar-refractivity contribution in [3.05, 3.63) is 0 Å². The molecule has 0 aromatic heterocycles. The molecule has 0 radical (unpaired) electrons. The second-order valence-electron chi connectivity index (χ2n) is 2.10. The zero-order valence-corrected chi connectivity index (χ0v) is 8.45. The van der Waals surface area contributed by atoms with E-state index < -0.39 is 33.8 Å². The molecule has 0 aromatic rings. The topological polar surface area (TPSA) is 108 Å². The number of ether oxygens (including phenoxy) is 2. The molecule has 1 aliphatic rings. The third-order valence-corrected chi connectivity index (χ3v) is 3.78. The lowest BCUT2D eigenvalue weighted by Gasteiger charge is -2.10. The predicted octanol–water partition coefficient (Wildman–Crippen LogP) is -1.30. The third kappa shape index (κ3) is 4.32. The van der Waals surface area contributed by atoms with Gasteiger partial charge in [0.15, 0.2) is 25.1 Å². The average Bonchev–Trinajstić information content (AvgIpc) is 1.99. The first-order chi connectivity index (χ1) is 6.41. The molecule has 14 heavy (non-hydrogen) atoms. The first-order valence-electron chi connectivity index (χ1n) is 3.22. The van der Waals surface area contributed by atoms with Crippen LogP contribution in [0.3, 0.4) is 0 Å². The Morgan fingerprint density at radius 1 is 1.00 bits per heavy atom. The van der Waals surface area contributed by atoms with Crippen molar-refractivity contribution in [2.24, 2.45) is 0 Å². The van der Waals surface area contributed by atoms with Crippen molar-refractivity contribution in [3.8, 4) is 0 Å². The molecule has 1 rings (SSSR count). The van der Waals surface area contributed by atoms with Gasteiger partial charge < -0.3 is 9.47 Å². The van der Waals surface area contributed by atoms with E-state index in [1.165, 1.54) is 0 Å². The van der Waals surface area contributed by atoms with Gasteiger partial charge in [0.1, 0.15) is 0 Å². The summed E-state index contributed by atoms with van der Waals surface area (Å²) in [5.41, 5.74) is 0. The highest BCUT2D eigenvalue weighted by atomic mass is 32.3. The van der Waals surface area contributed by atoms with E-state index in [4.69, 9.17) is 4.55 Å². The summed E-state index contributed by atoms with van der Waals surface area (Å²) in [5.74, 6) is 0. The van der Waals surface area contributed by atoms with Crippen molar-refractivity contribution in [2.75, 3.05) is 20.4 Å². The summed E-state index contributed by atoms with van der Waals surface area (Å²) in [4.78, 5) is 0. The van der Waals surface area contributed by atoms with Crippen LogP contribution < -0.4 is 0 Å². The zero-order valence-electron chi connectivity index (χ0n) is 6.82. The minimum absolute atomic E-state index is 0.0536. The van der Waals surface area contributed by atoms with E-state index in [1.807, 2.05) is 0 Å². The fourth-order valence-electron chi connectivity index (χ4n) is 0.535. The van der Waals surface area contributed by atoms with Gasteiger partial charge in [-0.25, -0.2) is 12.6 Å². The minimum atomic E-state index is -4.25. The molecule has 1 N–H and O–H groups in total. The molecule has 0 aromatic carbocycles. The average molecular weight is 248 g/mol.